The molecule has 0 N–H and O–H groups in total. The van der Waals surface area contributed by atoms with Gasteiger partial charge in [-0.25, -0.2) is 0 Å². The van der Waals surface area contributed by atoms with Gasteiger partial charge < -0.3 is 4.57 Å². The molecule has 1 saturated carbocycles. The number of alkyl halides is 3. The number of benzene rings is 1. The van der Waals surface area contributed by atoms with Crippen molar-refractivity contribution in [1.29, 1.82) is 0 Å². The number of para-hydroxylation sites is 1. The number of hydrogen-bond donors (Lipinski definition) is 0. The zero-order valence-electron chi connectivity index (χ0n) is 16.9. The van der Waals surface area contributed by atoms with Crippen LogP contribution in [0.2, 0.25) is 0 Å². The van der Waals surface area contributed by atoms with Crippen molar-refractivity contribution in [2.24, 2.45) is 28.8 Å². The van der Waals surface area contributed by atoms with Gasteiger partial charge >= 0.3 is 6.18 Å². The number of aryl methyl sites for hydroxylation is 1. The lowest BCUT2D eigenvalue weighted by Crippen LogP contribution is -2.28. The fourth-order valence-electron chi connectivity index (χ4n) is 5.32. The fraction of sp³-hybridized carbons (Fsp3) is 0.348. The number of halogens is 3. The highest BCUT2D eigenvalue weighted by Gasteiger charge is 2.59. The van der Waals surface area contributed by atoms with Crippen molar-refractivity contribution in [3.8, 4) is 5.69 Å². The van der Waals surface area contributed by atoms with Gasteiger partial charge in [0, 0.05) is 17.0 Å². The van der Waals surface area contributed by atoms with Crippen LogP contribution in [0.1, 0.15) is 28.9 Å². The second kappa shape index (κ2) is 6.67. The second-order valence-corrected chi connectivity index (χ2v) is 8.41. The summed E-state index contributed by atoms with van der Waals surface area (Å²) in [7, 11) is 0. The van der Waals surface area contributed by atoms with E-state index in [-0.39, 0.29) is 41.2 Å². The summed E-state index contributed by atoms with van der Waals surface area (Å²) < 4.78 is 42.0. The number of hydrazone groups is 1. The molecule has 1 aromatic heterocycles. The van der Waals surface area contributed by atoms with Crippen molar-refractivity contribution in [1.82, 2.24) is 9.58 Å². The second-order valence-electron chi connectivity index (χ2n) is 8.41. The number of imide groups is 1. The molecule has 0 spiro atoms. The van der Waals surface area contributed by atoms with Crippen LogP contribution >= 0.6 is 0 Å². The average Bonchev–Trinajstić information content (AvgIpc) is 3.45. The van der Waals surface area contributed by atoms with E-state index in [2.05, 4.69) is 5.10 Å². The Hall–Kier alpha value is -3.16. The van der Waals surface area contributed by atoms with Crippen molar-refractivity contribution in [3.63, 3.8) is 0 Å². The van der Waals surface area contributed by atoms with Crippen LogP contribution in [0, 0.1) is 37.5 Å². The third-order valence-electron chi connectivity index (χ3n) is 6.68. The zero-order chi connectivity index (χ0) is 22.1. The third kappa shape index (κ3) is 2.88. The molecule has 3 aliphatic rings. The Balaban J connectivity index is 1.47. The molecule has 160 valence electrons. The van der Waals surface area contributed by atoms with E-state index in [0.29, 0.717) is 17.0 Å². The van der Waals surface area contributed by atoms with Gasteiger partial charge in [0.15, 0.2) is 0 Å². The van der Waals surface area contributed by atoms with Gasteiger partial charge in [0.1, 0.15) is 0 Å². The van der Waals surface area contributed by atoms with Crippen LogP contribution in [0.3, 0.4) is 0 Å². The van der Waals surface area contributed by atoms with E-state index in [4.69, 9.17) is 0 Å². The van der Waals surface area contributed by atoms with Crippen LogP contribution in [0.25, 0.3) is 5.69 Å². The monoisotopic (exact) mass is 427 g/mol. The van der Waals surface area contributed by atoms with Crippen molar-refractivity contribution in [2.45, 2.75) is 26.4 Å². The van der Waals surface area contributed by atoms with E-state index in [1.54, 1.807) is 26.0 Å². The molecule has 0 radical (unpaired) electrons. The summed E-state index contributed by atoms with van der Waals surface area (Å²) in [6.07, 6.45) is 1.75. The molecule has 4 atom stereocenters. The van der Waals surface area contributed by atoms with Gasteiger partial charge in [0.2, 0.25) is 0 Å². The number of amides is 2. The SMILES string of the molecule is Cc1cc(C=NN2C(=O)[C@@H]3[C@H](C2=O)[C@H]2C=C[C@H]3C2)c(C)n1-c1ccccc1C(F)(F)F. The van der Waals surface area contributed by atoms with E-state index >= 15 is 0 Å². The molecule has 8 heteroatoms. The first-order valence-electron chi connectivity index (χ1n) is 10.1. The molecular formula is C23H20F3N3O2. The molecule has 1 aromatic carbocycles. The lowest BCUT2D eigenvalue weighted by molar-refractivity contribution is -0.141. The van der Waals surface area contributed by atoms with Crippen molar-refractivity contribution in [2.75, 3.05) is 0 Å². The maximum absolute atomic E-state index is 13.5. The molecular weight excluding hydrogens is 407 g/mol. The van der Waals surface area contributed by atoms with E-state index in [1.165, 1.54) is 22.9 Å². The summed E-state index contributed by atoms with van der Waals surface area (Å²) in [5.41, 5.74) is 0.970. The first-order valence-corrected chi connectivity index (χ1v) is 10.1. The predicted molar refractivity (Wildman–Crippen MR) is 107 cm³/mol. The Morgan fingerprint density at radius 1 is 1.03 bits per heavy atom. The minimum absolute atomic E-state index is 0.0233. The van der Waals surface area contributed by atoms with Gasteiger partial charge in [0.05, 0.1) is 29.3 Å². The van der Waals surface area contributed by atoms with E-state index < -0.39 is 11.7 Å². The number of allylic oxidation sites excluding steroid dienone is 2. The average molecular weight is 427 g/mol. The van der Waals surface area contributed by atoms with Crippen molar-refractivity contribution >= 4 is 18.0 Å². The normalized spacial score (nSPS) is 27.2. The highest BCUT2D eigenvalue weighted by atomic mass is 19.4. The Morgan fingerprint density at radius 3 is 2.26 bits per heavy atom. The quantitative estimate of drug-likeness (QED) is 0.418. The molecule has 31 heavy (non-hydrogen) atoms. The van der Waals surface area contributed by atoms with Crippen LogP contribution in [0.5, 0.6) is 0 Å². The van der Waals surface area contributed by atoms with Gasteiger partial charge in [-0.3, -0.25) is 9.59 Å². The number of aromatic nitrogens is 1. The molecule has 1 saturated heterocycles. The van der Waals surface area contributed by atoms with Crippen LogP contribution < -0.4 is 0 Å². The van der Waals surface area contributed by atoms with Gasteiger partial charge in [-0.05, 0) is 50.3 Å². The van der Waals surface area contributed by atoms with Gasteiger partial charge in [0.25, 0.3) is 11.8 Å². The summed E-state index contributed by atoms with van der Waals surface area (Å²) in [6.45, 7) is 3.39. The summed E-state index contributed by atoms with van der Waals surface area (Å²) in [5.74, 6) is -1.08. The number of carbonyl (C=O) groups excluding carboxylic acids is 2. The van der Waals surface area contributed by atoms with Crippen LogP contribution in [0.15, 0.2) is 47.6 Å². The molecule has 2 aliphatic carbocycles. The smallest absolute Gasteiger partial charge is 0.317 e. The summed E-state index contributed by atoms with van der Waals surface area (Å²) in [6, 6.07) is 7.07. The highest BCUT2D eigenvalue weighted by molar-refractivity contribution is 6.06. The summed E-state index contributed by atoms with van der Waals surface area (Å²) >= 11 is 0. The first kappa shape index (κ1) is 19.8. The van der Waals surface area contributed by atoms with Gasteiger partial charge in [-0.2, -0.15) is 23.3 Å². The number of fused-ring (bicyclic) bond motifs is 5. The minimum atomic E-state index is -4.49. The molecule has 2 heterocycles. The number of carbonyl (C=O) groups is 2. The topological polar surface area (TPSA) is 54.7 Å². The van der Waals surface area contributed by atoms with E-state index in [0.717, 1.165) is 17.5 Å². The summed E-state index contributed by atoms with van der Waals surface area (Å²) in [5, 5.41) is 5.10. The Kier molecular flexibility index (Phi) is 4.26. The van der Waals surface area contributed by atoms with E-state index in [9.17, 15) is 22.8 Å². The Morgan fingerprint density at radius 2 is 1.65 bits per heavy atom. The van der Waals surface area contributed by atoms with Crippen LogP contribution in [-0.2, 0) is 15.8 Å². The molecule has 2 aromatic rings. The molecule has 5 nitrogen and oxygen atoms in total. The molecule has 1 aliphatic heterocycles. The van der Waals surface area contributed by atoms with Gasteiger partial charge in [-0.15, -0.1) is 0 Å². The Bertz CT molecular complexity index is 1130. The van der Waals surface area contributed by atoms with Crippen molar-refractivity contribution in [3.05, 3.63) is 65.0 Å². The number of rotatable bonds is 3. The lowest BCUT2D eigenvalue weighted by Gasteiger charge is -2.16. The maximum atomic E-state index is 13.5. The third-order valence-corrected chi connectivity index (χ3v) is 6.68. The lowest BCUT2D eigenvalue weighted by atomic mass is 9.85. The Labute approximate surface area is 176 Å². The largest absolute Gasteiger partial charge is 0.418 e. The van der Waals surface area contributed by atoms with Gasteiger partial charge in [-0.1, -0.05) is 24.3 Å². The van der Waals surface area contributed by atoms with Crippen molar-refractivity contribution < 1.29 is 22.8 Å². The van der Waals surface area contributed by atoms with Crippen LogP contribution in [0.4, 0.5) is 13.2 Å². The summed E-state index contributed by atoms with van der Waals surface area (Å²) in [4.78, 5) is 25.5. The zero-order valence-corrected chi connectivity index (χ0v) is 16.9. The maximum Gasteiger partial charge on any atom is 0.418 e. The minimum Gasteiger partial charge on any atom is -0.317 e. The first-order chi connectivity index (χ1) is 14.7. The predicted octanol–water partition coefficient (Wildman–Crippen LogP) is 4.25. The fourth-order valence-corrected chi connectivity index (χ4v) is 5.32. The molecule has 5 rings (SSSR count). The number of hydrogen-bond acceptors (Lipinski definition) is 3. The van der Waals surface area contributed by atoms with E-state index in [1.807, 2.05) is 12.2 Å². The van der Waals surface area contributed by atoms with Crippen LogP contribution in [-0.4, -0.2) is 27.6 Å². The molecule has 2 fully saturated rings. The standard InChI is InChI=1S/C23H20F3N3O2/c1-12-9-16(13(2)28(12)18-6-4-3-5-17(18)23(24,25)26)11-27-29-21(30)19-14-7-8-15(10-14)20(19)22(29)31/h3-9,11,14-15,19-20H,10H2,1-2H3/t14-,15-,19-,20+/m0/s1. The molecule has 2 bridgehead atoms. The number of nitrogens with zero attached hydrogens (tertiary/aromatic N) is 3. The molecule has 0 unspecified atom stereocenters. The molecule has 2 amide bonds. The highest BCUT2D eigenvalue weighted by Crippen LogP contribution is 2.52.